The smallest absolute Gasteiger partial charge is 0.308 e. The number of carbonyl (C=O) groups excluding carboxylic acids is 2. The van der Waals surface area contributed by atoms with Gasteiger partial charge in [-0.3, -0.25) is 9.59 Å². The van der Waals surface area contributed by atoms with E-state index in [-0.39, 0.29) is 5.78 Å². The van der Waals surface area contributed by atoms with Crippen molar-refractivity contribution in [1.29, 1.82) is 0 Å². The molecule has 0 atom stereocenters. The maximum atomic E-state index is 13.6. The second kappa shape index (κ2) is 7.12. The van der Waals surface area contributed by atoms with Gasteiger partial charge in [0.15, 0.2) is 5.78 Å². The first kappa shape index (κ1) is 18.1. The molecule has 0 aliphatic heterocycles. The highest BCUT2D eigenvalue weighted by atomic mass is 16.5. The molecule has 1 aliphatic carbocycles. The van der Waals surface area contributed by atoms with Gasteiger partial charge in [-0.15, -0.1) is 0 Å². The van der Waals surface area contributed by atoms with Crippen LogP contribution < -0.4 is 4.74 Å². The van der Waals surface area contributed by atoms with Crippen LogP contribution in [-0.2, 0) is 4.79 Å². The number of rotatable bonds is 3. The predicted molar refractivity (Wildman–Crippen MR) is 117 cm³/mol. The van der Waals surface area contributed by atoms with E-state index in [2.05, 4.69) is 0 Å². The molecule has 0 saturated carbocycles. The van der Waals surface area contributed by atoms with E-state index in [4.69, 9.17) is 4.74 Å². The topological polar surface area (TPSA) is 43.4 Å². The van der Waals surface area contributed by atoms with Crippen LogP contribution in [0.4, 0.5) is 0 Å². The van der Waals surface area contributed by atoms with E-state index >= 15 is 0 Å². The van der Waals surface area contributed by atoms with Crippen molar-refractivity contribution in [3.05, 3.63) is 102 Å². The average molecular weight is 390 g/mol. The first-order chi connectivity index (χ1) is 14.6. The predicted octanol–water partition coefficient (Wildman–Crippen LogP) is 6.16. The van der Waals surface area contributed by atoms with Crippen LogP contribution in [0.2, 0.25) is 0 Å². The molecular weight excluding hydrogens is 372 g/mol. The van der Waals surface area contributed by atoms with E-state index < -0.39 is 5.97 Å². The summed E-state index contributed by atoms with van der Waals surface area (Å²) in [6, 6.07) is 29.0. The van der Waals surface area contributed by atoms with Crippen LogP contribution in [0.1, 0.15) is 22.8 Å². The van der Waals surface area contributed by atoms with Crippen molar-refractivity contribution < 1.29 is 14.3 Å². The number of ether oxygens (including phenoxy) is 1. The highest BCUT2D eigenvalue weighted by molar-refractivity contribution is 6.27. The van der Waals surface area contributed by atoms with Gasteiger partial charge in [0.1, 0.15) is 5.75 Å². The quantitative estimate of drug-likeness (QED) is 0.274. The molecule has 0 amide bonds. The summed E-state index contributed by atoms with van der Waals surface area (Å²) in [5.74, 6) is -0.0767. The lowest BCUT2D eigenvalue weighted by molar-refractivity contribution is -0.131. The van der Waals surface area contributed by atoms with Crippen LogP contribution in [0.25, 0.3) is 33.4 Å². The number of ketones is 1. The van der Waals surface area contributed by atoms with Crippen LogP contribution in [0, 0.1) is 0 Å². The SMILES string of the molecule is CC(=O)Oc1cc(-c2ccccc2)c2c(c1-c1ccccc1)C(=O)c1ccccc1-2. The second-order valence-electron chi connectivity index (χ2n) is 7.25. The maximum Gasteiger partial charge on any atom is 0.308 e. The molecule has 3 heteroatoms. The van der Waals surface area contributed by atoms with Gasteiger partial charge in [0.05, 0.1) is 0 Å². The largest absolute Gasteiger partial charge is 0.426 e. The standard InChI is InChI=1S/C27H18O3/c1-17(28)30-23-16-22(18-10-4-2-5-11-18)25-20-14-8-9-15-21(20)27(29)26(25)24(23)19-12-6-3-7-13-19/h2-16H,1H3. The fraction of sp³-hybridized carbons (Fsp3) is 0.0370. The van der Waals surface area contributed by atoms with Crippen LogP contribution in [0.15, 0.2) is 91.0 Å². The zero-order valence-corrected chi connectivity index (χ0v) is 16.4. The molecule has 0 saturated heterocycles. The van der Waals surface area contributed by atoms with E-state index in [0.717, 1.165) is 27.8 Å². The maximum absolute atomic E-state index is 13.6. The molecule has 0 fully saturated rings. The van der Waals surface area contributed by atoms with Gasteiger partial charge in [-0.05, 0) is 28.3 Å². The van der Waals surface area contributed by atoms with Crippen molar-refractivity contribution in [2.75, 3.05) is 0 Å². The summed E-state index contributed by atoms with van der Waals surface area (Å²) in [5, 5.41) is 0. The van der Waals surface area contributed by atoms with Gasteiger partial charge in [0.2, 0.25) is 0 Å². The minimum absolute atomic E-state index is 0.0503. The minimum Gasteiger partial charge on any atom is -0.426 e. The fourth-order valence-corrected chi connectivity index (χ4v) is 4.17. The number of hydrogen-bond donors (Lipinski definition) is 0. The summed E-state index contributed by atoms with van der Waals surface area (Å²) in [6.07, 6.45) is 0. The number of carbonyl (C=O) groups is 2. The Bertz CT molecular complexity index is 1290. The third-order valence-corrected chi connectivity index (χ3v) is 5.36. The first-order valence-electron chi connectivity index (χ1n) is 9.79. The molecule has 0 unspecified atom stereocenters. The van der Waals surface area contributed by atoms with Gasteiger partial charge in [0.25, 0.3) is 0 Å². The summed E-state index contributed by atoms with van der Waals surface area (Å²) < 4.78 is 5.64. The average Bonchev–Trinajstić information content (AvgIpc) is 3.07. The lowest BCUT2D eigenvalue weighted by Crippen LogP contribution is -2.07. The Balaban J connectivity index is 1.93. The van der Waals surface area contributed by atoms with Crippen LogP contribution in [-0.4, -0.2) is 11.8 Å². The van der Waals surface area contributed by atoms with Gasteiger partial charge >= 0.3 is 5.97 Å². The third-order valence-electron chi connectivity index (χ3n) is 5.36. The minimum atomic E-state index is -0.422. The molecule has 0 heterocycles. The van der Waals surface area contributed by atoms with Gasteiger partial charge in [-0.25, -0.2) is 0 Å². The Morgan fingerprint density at radius 3 is 1.83 bits per heavy atom. The number of hydrogen-bond acceptors (Lipinski definition) is 3. The van der Waals surface area contributed by atoms with Crippen LogP contribution in [0.5, 0.6) is 5.75 Å². The molecule has 0 radical (unpaired) electrons. The highest BCUT2D eigenvalue weighted by Gasteiger charge is 2.34. The summed E-state index contributed by atoms with van der Waals surface area (Å²) in [7, 11) is 0. The van der Waals surface area contributed by atoms with Crippen LogP contribution in [0.3, 0.4) is 0 Å². The number of benzene rings is 4. The zero-order chi connectivity index (χ0) is 20.7. The monoisotopic (exact) mass is 390 g/mol. The van der Waals surface area contributed by atoms with Crippen molar-refractivity contribution in [2.45, 2.75) is 6.92 Å². The molecular formula is C27H18O3. The van der Waals surface area contributed by atoms with E-state index in [0.29, 0.717) is 22.4 Å². The van der Waals surface area contributed by atoms with Gasteiger partial charge in [0, 0.05) is 29.2 Å². The first-order valence-corrected chi connectivity index (χ1v) is 9.79. The summed E-state index contributed by atoms with van der Waals surface area (Å²) in [5.41, 5.74) is 6.37. The molecule has 5 rings (SSSR count). The lowest BCUT2D eigenvalue weighted by atomic mass is 9.88. The summed E-state index contributed by atoms with van der Waals surface area (Å²) >= 11 is 0. The van der Waals surface area contributed by atoms with Gasteiger partial charge in [-0.2, -0.15) is 0 Å². The zero-order valence-electron chi connectivity index (χ0n) is 16.4. The third kappa shape index (κ3) is 2.83. The highest BCUT2D eigenvalue weighted by Crippen LogP contribution is 2.50. The molecule has 144 valence electrons. The van der Waals surface area contributed by atoms with E-state index in [9.17, 15) is 9.59 Å². The Labute approximate surface area is 174 Å². The van der Waals surface area contributed by atoms with Crippen molar-refractivity contribution in [2.24, 2.45) is 0 Å². The van der Waals surface area contributed by atoms with E-state index in [1.54, 1.807) is 0 Å². The van der Waals surface area contributed by atoms with E-state index in [1.165, 1.54) is 6.92 Å². The van der Waals surface area contributed by atoms with Gasteiger partial charge in [-0.1, -0.05) is 84.9 Å². The molecule has 4 aromatic carbocycles. The molecule has 4 aromatic rings. The molecule has 0 N–H and O–H groups in total. The fourth-order valence-electron chi connectivity index (χ4n) is 4.17. The molecule has 1 aliphatic rings. The lowest BCUT2D eigenvalue weighted by Gasteiger charge is -2.18. The second-order valence-corrected chi connectivity index (χ2v) is 7.25. The van der Waals surface area contributed by atoms with Crippen molar-refractivity contribution in [3.63, 3.8) is 0 Å². The summed E-state index contributed by atoms with van der Waals surface area (Å²) in [6.45, 7) is 1.38. The Morgan fingerprint density at radius 2 is 1.20 bits per heavy atom. The molecule has 30 heavy (non-hydrogen) atoms. The number of esters is 1. The van der Waals surface area contributed by atoms with Gasteiger partial charge < -0.3 is 4.74 Å². The molecule has 0 spiro atoms. The van der Waals surface area contributed by atoms with Crippen molar-refractivity contribution >= 4 is 11.8 Å². The Kier molecular flexibility index (Phi) is 4.29. The molecule has 0 aromatic heterocycles. The Hall–Kier alpha value is -3.98. The Morgan fingerprint density at radius 1 is 0.633 bits per heavy atom. The molecule has 0 bridgehead atoms. The van der Waals surface area contributed by atoms with Crippen molar-refractivity contribution in [3.8, 4) is 39.1 Å². The number of fused-ring (bicyclic) bond motifs is 3. The van der Waals surface area contributed by atoms with Crippen molar-refractivity contribution in [1.82, 2.24) is 0 Å². The summed E-state index contributed by atoms with van der Waals surface area (Å²) in [4.78, 5) is 25.5. The molecule has 3 nitrogen and oxygen atoms in total. The van der Waals surface area contributed by atoms with E-state index in [1.807, 2.05) is 91.0 Å². The normalized spacial score (nSPS) is 11.7. The van der Waals surface area contributed by atoms with Crippen LogP contribution >= 0.6 is 0 Å².